The highest BCUT2D eigenvalue weighted by atomic mass is 19.1. The number of fused-ring (bicyclic) bond motifs is 1. The number of rotatable bonds is 5. The standard InChI is InChI=1S/C21H18F3N3O5/c22-12-1-2-17(15(23)3-12)27-7-14(21(31)32)18(30)13-4-16(24)20(25-19(13)27)26-5-10(8-28)11(6-26)9-29/h1-4,7,10-11,28-29H,5-6,8-9H2,(H,31,32)/t10-,11+. The molecule has 2 atom stereocenters. The largest absolute Gasteiger partial charge is 0.477 e. The minimum Gasteiger partial charge on any atom is -0.477 e. The Morgan fingerprint density at radius 1 is 1.06 bits per heavy atom. The predicted molar refractivity (Wildman–Crippen MR) is 108 cm³/mol. The third kappa shape index (κ3) is 3.59. The number of nitrogens with zero attached hydrogens (tertiary/aromatic N) is 3. The van der Waals surface area contributed by atoms with E-state index in [1.54, 1.807) is 0 Å². The van der Waals surface area contributed by atoms with Crippen molar-refractivity contribution < 1.29 is 33.3 Å². The van der Waals surface area contributed by atoms with Gasteiger partial charge in [0.15, 0.2) is 17.3 Å². The van der Waals surface area contributed by atoms with E-state index < -0.39 is 39.8 Å². The van der Waals surface area contributed by atoms with Gasteiger partial charge in [-0.3, -0.25) is 9.36 Å². The number of hydrogen-bond donors (Lipinski definition) is 3. The zero-order chi connectivity index (χ0) is 23.2. The Bertz CT molecular complexity index is 1270. The first-order valence-electron chi connectivity index (χ1n) is 9.66. The van der Waals surface area contributed by atoms with Gasteiger partial charge in [0.1, 0.15) is 17.2 Å². The van der Waals surface area contributed by atoms with Gasteiger partial charge in [0.05, 0.1) is 11.1 Å². The predicted octanol–water partition coefficient (Wildman–Crippen LogP) is 1.54. The number of carboxylic acid groups (broad SMARTS) is 1. The molecule has 168 valence electrons. The summed E-state index contributed by atoms with van der Waals surface area (Å²) in [5, 5.41) is 28.0. The first-order chi connectivity index (χ1) is 15.2. The van der Waals surface area contributed by atoms with Crippen LogP contribution in [0.15, 0.2) is 35.3 Å². The minimum atomic E-state index is -1.60. The summed E-state index contributed by atoms with van der Waals surface area (Å²) in [6, 6.07) is 3.41. The van der Waals surface area contributed by atoms with Gasteiger partial charge in [-0.05, 0) is 18.2 Å². The van der Waals surface area contributed by atoms with Crippen molar-refractivity contribution in [2.24, 2.45) is 11.8 Å². The number of pyridine rings is 2. The fourth-order valence-corrected chi connectivity index (χ4v) is 3.97. The molecule has 32 heavy (non-hydrogen) atoms. The summed E-state index contributed by atoms with van der Waals surface area (Å²) >= 11 is 0. The van der Waals surface area contributed by atoms with Crippen LogP contribution in [0.25, 0.3) is 16.7 Å². The van der Waals surface area contributed by atoms with Gasteiger partial charge in [-0.15, -0.1) is 0 Å². The van der Waals surface area contributed by atoms with Crippen LogP contribution in [-0.2, 0) is 0 Å². The summed E-state index contributed by atoms with van der Waals surface area (Å²) in [5.41, 5.74) is -2.26. The summed E-state index contributed by atoms with van der Waals surface area (Å²) in [6.07, 6.45) is 0.856. The maximum atomic E-state index is 15.0. The molecule has 0 saturated carbocycles. The van der Waals surface area contributed by atoms with Crippen molar-refractivity contribution in [3.8, 4) is 5.69 Å². The lowest BCUT2D eigenvalue weighted by molar-refractivity contribution is 0.0695. The van der Waals surface area contributed by atoms with E-state index in [9.17, 15) is 38.1 Å². The number of aromatic carboxylic acids is 1. The zero-order valence-electron chi connectivity index (χ0n) is 16.5. The molecule has 0 unspecified atom stereocenters. The van der Waals surface area contributed by atoms with Crippen molar-refractivity contribution in [3.05, 3.63) is 63.7 Å². The quantitative estimate of drug-likeness (QED) is 0.541. The molecular formula is C21H18F3N3O5. The zero-order valence-corrected chi connectivity index (χ0v) is 16.5. The summed E-state index contributed by atoms with van der Waals surface area (Å²) < 4.78 is 43.8. The van der Waals surface area contributed by atoms with Gasteiger partial charge in [0.2, 0.25) is 5.43 Å². The lowest BCUT2D eigenvalue weighted by Crippen LogP contribution is -2.25. The molecule has 0 aliphatic carbocycles. The van der Waals surface area contributed by atoms with Crippen LogP contribution in [0.5, 0.6) is 0 Å². The molecule has 4 rings (SSSR count). The van der Waals surface area contributed by atoms with Crippen LogP contribution in [-0.4, -0.2) is 57.1 Å². The Morgan fingerprint density at radius 3 is 2.28 bits per heavy atom. The maximum absolute atomic E-state index is 15.0. The Kier molecular flexibility index (Phi) is 5.61. The van der Waals surface area contributed by atoms with Gasteiger partial charge in [-0.25, -0.2) is 22.9 Å². The number of aromatic nitrogens is 2. The third-order valence-corrected chi connectivity index (χ3v) is 5.66. The highest BCUT2D eigenvalue weighted by Crippen LogP contribution is 2.30. The Labute approximate surface area is 178 Å². The number of hydrogen-bond acceptors (Lipinski definition) is 6. The van der Waals surface area contributed by atoms with E-state index in [1.807, 2.05) is 0 Å². The average molecular weight is 449 g/mol. The molecule has 1 aromatic carbocycles. The molecule has 0 amide bonds. The number of anilines is 1. The molecule has 1 saturated heterocycles. The van der Waals surface area contributed by atoms with Crippen molar-refractivity contribution in [3.63, 3.8) is 0 Å². The normalized spacial score (nSPS) is 18.5. The first-order valence-corrected chi connectivity index (χ1v) is 9.66. The fourth-order valence-electron chi connectivity index (χ4n) is 3.97. The fraction of sp³-hybridized carbons (Fsp3) is 0.286. The second-order valence-electron chi connectivity index (χ2n) is 7.60. The number of benzene rings is 1. The van der Waals surface area contributed by atoms with Crippen LogP contribution in [0, 0.1) is 29.3 Å². The molecule has 1 fully saturated rings. The van der Waals surface area contributed by atoms with Crippen LogP contribution < -0.4 is 10.3 Å². The summed E-state index contributed by atoms with van der Waals surface area (Å²) in [6.45, 7) is -0.103. The molecule has 1 aliphatic rings. The molecule has 3 heterocycles. The van der Waals surface area contributed by atoms with Crippen molar-refractivity contribution in [2.45, 2.75) is 0 Å². The third-order valence-electron chi connectivity index (χ3n) is 5.66. The topological polar surface area (TPSA) is 116 Å². The van der Waals surface area contributed by atoms with E-state index in [2.05, 4.69) is 4.98 Å². The molecule has 0 radical (unpaired) electrons. The van der Waals surface area contributed by atoms with Crippen LogP contribution >= 0.6 is 0 Å². The second-order valence-corrected chi connectivity index (χ2v) is 7.60. The van der Waals surface area contributed by atoms with E-state index in [0.717, 1.165) is 29.0 Å². The lowest BCUT2D eigenvalue weighted by Gasteiger charge is -2.20. The van der Waals surface area contributed by atoms with E-state index >= 15 is 0 Å². The van der Waals surface area contributed by atoms with Crippen molar-refractivity contribution in [2.75, 3.05) is 31.2 Å². The molecule has 8 nitrogen and oxygen atoms in total. The molecule has 0 bridgehead atoms. The molecular weight excluding hydrogens is 431 g/mol. The van der Waals surface area contributed by atoms with Gasteiger partial charge in [-0.2, -0.15) is 0 Å². The average Bonchev–Trinajstić information content (AvgIpc) is 3.17. The number of aliphatic hydroxyl groups excluding tert-OH is 2. The lowest BCUT2D eigenvalue weighted by atomic mass is 9.98. The highest BCUT2D eigenvalue weighted by Gasteiger charge is 2.34. The SMILES string of the molecule is O=C(O)c1cn(-c2ccc(F)cc2F)c2nc(N3C[C@@H](CO)[C@@H](CO)C3)c(F)cc2c1=O. The van der Waals surface area contributed by atoms with Gasteiger partial charge in [0.25, 0.3) is 0 Å². The van der Waals surface area contributed by atoms with Gasteiger partial charge >= 0.3 is 5.97 Å². The van der Waals surface area contributed by atoms with Crippen molar-refractivity contribution in [1.29, 1.82) is 0 Å². The van der Waals surface area contributed by atoms with Gasteiger partial charge in [-0.1, -0.05) is 0 Å². The summed E-state index contributed by atoms with van der Waals surface area (Å²) in [4.78, 5) is 29.9. The van der Waals surface area contributed by atoms with Crippen LogP contribution in [0.2, 0.25) is 0 Å². The number of halogens is 3. The van der Waals surface area contributed by atoms with Crippen molar-refractivity contribution >= 4 is 22.8 Å². The summed E-state index contributed by atoms with van der Waals surface area (Å²) in [5.74, 6) is -5.29. The number of aliphatic hydroxyl groups is 2. The first kappa shape index (κ1) is 21.8. The number of carboxylic acids is 1. The van der Waals surface area contributed by atoms with Crippen molar-refractivity contribution in [1.82, 2.24) is 9.55 Å². The highest BCUT2D eigenvalue weighted by molar-refractivity contribution is 5.92. The van der Waals surface area contributed by atoms with E-state index in [1.165, 1.54) is 4.90 Å². The Morgan fingerprint density at radius 2 is 1.72 bits per heavy atom. The molecule has 3 aromatic rings. The van der Waals surface area contributed by atoms with E-state index in [4.69, 9.17) is 0 Å². The maximum Gasteiger partial charge on any atom is 0.341 e. The van der Waals surface area contributed by atoms with Crippen LogP contribution in [0.3, 0.4) is 0 Å². The molecule has 0 spiro atoms. The molecule has 3 N–H and O–H groups in total. The number of carbonyl (C=O) groups is 1. The second kappa shape index (κ2) is 8.24. The van der Waals surface area contributed by atoms with Crippen LogP contribution in [0.4, 0.5) is 19.0 Å². The van der Waals surface area contributed by atoms with E-state index in [-0.39, 0.29) is 55.3 Å². The Balaban J connectivity index is 1.98. The smallest absolute Gasteiger partial charge is 0.341 e. The van der Waals surface area contributed by atoms with Crippen LogP contribution in [0.1, 0.15) is 10.4 Å². The van der Waals surface area contributed by atoms with E-state index in [0.29, 0.717) is 6.07 Å². The summed E-state index contributed by atoms with van der Waals surface area (Å²) in [7, 11) is 0. The molecule has 11 heteroatoms. The molecule has 2 aromatic heterocycles. The monoisotopic (exact) mass is 449 g/mol. The minimum absolute atomic E-state index is 0.180. The van der Waals surface area contributed by atoms with Gasteiger partial charge in [0, 0.05) is 50.4 Å². The molecule has 1 aliphatic heterocycles. The Hall–Kier alpha value is -3.44. The van der Waals surface area contributed by atoms with Gasteiger partial charge < -0.3 is 20.2 Å².